The topological polar surface area (TPSA) is 15.8 Å². The van der Waals surface area contributed by atoms with E-state index in [1.165, 1.54) is 19.4 Å². The van der Waals surface area contributed by atoms with E-state index in [1.54, 1.807) is 0 Å². The number of hydrogen-bond acceptors (Lipinski definition) is 2. The Morgan fingerprint density at radius 1 is 1.56 bits per heavy atom. The van der Waals surface area contributed by atoms with Crippen LogP contribution in [0.1, 0.15) is 12.8 Å². The Bertz CT molecular complexity index is 111. The van der Waals surface area contributed by atoms with Crippen LogP contribution >= 0.6 is 0 Å². The van der Waals surface area contributed by atoms with Crippen molar-refractivity contribution in [3.05, 3.63) is 0 Å². The summed E-state index contributed by atoms with van der Waals surface area (Å²) in [7, 11) is 2.19. The standard InChI is InChI=1S/C7H13NO/c1-8-4-2-3-6(8)7-5-9-7/h6-7H,2-5H2,1H3/t6-,7-/m0/s1. The predicted octanol–water partition coefficient (Wildman–Crippen LogP) is 0.479. The third-order valence-electron chi connectivity index (χ3n) is 2.37. The van der Waals surface area contributed by atoms with Crippen LogP contribution in [0, 0.1) is 0 Å². The molecule has 0 saturated carbocycles. The van der Waals surface area contributed by atoms with Gasteiger partial charge in [0.1, 0.15) is 0 Å². The zero-order valence-corrected chi connectivity index (χ0v) is 5.84. The van der Waals surface area contributed by atoms with Gasteiger partial charge in [-0.2, -0.15) is 0 Å². The average Bonchev–Trinajstić information content (AvgIpc) is 2.58. The molecule has 2 atom stereocenters. The van der Waals surface area contributed by atoms with Gasteiger partial charge in [0.2, 0.25) is 0 Å². The lowest BCUT2D eigenvalue weighted by Crippen LogP contribution is -2.29. The molecule has 52 valence electrons. The number of hydrogen-bond donors (Lipinski definition) is 0. The van der Waals surface area contributed by atoms with Crippen LogP contribution in [0.25, 0.3) is 0 Å². The van der Waals surface area contributed by atoms with Gasteiger partial charge in [-0.3, -0.25) is 0 Å². The Morgan fingerprint density at radius 3 is 2.78 bits per heavy atom. The number of likely N-dealkylation sites (tertiary alicyclic amines) is 1. The third kappa shape index (κ3) is 0.970. The Hall–Kier alpha value is -0.0800. The van der Waals surface area contributed by atoms with Crippen LogP contribution in [0.2, 0.25) is 0 Å². The Morgan fingerprint density at radius 2 is 2.33 bits per heavy atom. The quantitative estimate of drug-likeness (QED) is 0.476. The second-order valence-electron chi connectivity index (χ2n) is 3.06. The van der Waals surface area contributed by atoms with Gasteiger partial charge in [-0.25, -0.2) is 0 Å². The van der Waals surface area contributed by atoms with Crippen molar-refractivity contribution in [2.24, 2.45) is 0 Å². The van der Waals surface area contributed by atoms with Crippen molar-refractivity contribution in [2.75, 3.05) is 20.2 Å². The summed E-state index contributed by atoms with van der Waals surface area (Å²) in [5.41, 5.74) is 0. The molecular formula is C7H13NO. The highest BCUT2D eigenvalue weighted by molar-refractivity contribution is 4.89. The molecule has 0 aromatic heterocycles. The summed E-state index contributed by atoms with van der Waals surface area (Å²) in [4.78, 5) is 2.41. The fourth-order valence-corrected chi connectivity index (χ4v) is 1.68. The molecule has 2 aliphatic rings. The Labute approximate surface area is 55.8 Å². The van der Waals surface area contributed by atoms with Gasteiger partial charge < -0.3 is 9.64 Å². The van der Waals surface area contributed by atoms with Gasteiger partial charge in [-0.05, 0) is 26.4 Å². The minimum atomic E-state index is 0.595. The molecular weight excluding hydrogens is 114 g/mol. The molecule has 0 N–H and O–H groups in total. The molecule has 0 aromatic carbocycles. The van der Waals surface area contributed by atoms with Crippen molar-refractivity contribution in [3.8, 4) is 0 Å². The minimum Gasteiger partial charge on any atom is -0.371 e. The van der Waals surface area contributed by atoms with E-state index in [1.807, 2.05) is 0 Å². The smallest absolute Gasteiger partial charge is 0.0964 e. The molecule has 2 heteroatoms. The van der Waals surface area contributed by atoms with Crippen molar-refractivity contribution in [1.82, 2.24) is 4.90 Å². The summed E-state index contributed by atoms with van der Waals surface area (Å²) in [5.74, 6) is 0. The summed E-state index contributed by atoms with van der Waals surface area (Å²) < 4.78 is 5.22. The van der Waals surface area contributed by atoms with E-state index in [0.717, 1.165) is 12.6 Å². The second kappa shape index (κ2) is 1.96. The molecule has 2 fully saturated rings. The number of nitrogens with zero attached hydrogens (tertiary/aromatic N) is 1. The number of rotatable bonds is 1. The fraction of sp³-hybridized carbons (Fsp3) is 1.00. The second-order valence-corrected chi connectivity index (χ2v) is 3.06. The zero-order valence-electron chi connectivity index (χ0n) is 5.84. The van der Waals surface area contributed by atoms with E-state index < -0.39 is 0 Å². The predicted molar refractivity (Wildman–Crippen MR) is 35.4 cm³/mol. The van der Waals surface area contributed by atoms with Crippen molar-refractivity contribution >= 4 is 0 Å². The molecule has 0 spiro atoms. The lowest BCUT2D eigenvalue weighted by atomic mass is 10.2. The monoisotopic (exact) mass is 127 g/mol. The molecule has 0 aromatic rings. The van der Waals surface area contributed by atoms with Gasteiger partial charge in [0, 0.05) is 6.04 Å². The lowest BCUT2D eigenvalue weighted by Gasteiger charge is -2.15. The van der Waals surface area contributed by atoms with Crippen LogP contribution in [0.5, 0.6) is 0 Å². The number of epoxide rings is 1. The first-order valence-corrected chi connectivity index (χ1v) is 3.70. The van der Waals surface area contributed by atoms with Crippen LogP contribution < -0.4 is 0 Å². The maximum atomic E-state index is 5.22. The SMILES string of the molecule is CN1CCC[C@H]1[C@@H]1CO1. The molecule has 2 nitrogen and oxygen atoms in total. The van der Waals surface area contributed by atoms with Gasteiger partial charge >= 0.3 is 0 Å². The van der Waals surface area contributed by atoms with E-state index in [0.29, 0.717) is 6.10 Å². The first-order valence-electron chi connectivity index (χ1n) is 3.70. The van der Waals surface area contributed by atoms with Crippen LogP contribution in [0.15, 0.2) is 0 Å². The van der Waals surface area contributed by atoms with Crippen LogP contribution in [0.3, 0.4) is 0 Å². The summed E-state index contributed by atoms with van der Waals surface area (Å²) >= 11 is 0. The van der Waals surface area contributed by atoms with Crippen molar-refractivity contribution in [2.45, 2.75) is 25.0 Å². The highest BCUT2D eigenvalue weighted by Gasteiger charge is 2.37. The highest BCUT2D eigenvalue weighted by Crippen LogP contribution is 2.26. The number of ether oxygens (including phenoxy) is 1. The first-order chi connectivity index (χ1) is 4.38. The minimum absolute atomic E-state index is 0.595. The van der Waals surface area contributed by atoms with Gasteiger partial charge in [0.05, 0.1) is 12.7 Å². The highest BCUT2D eigenvalue weighted by atomic mass is 16.6. The van der Waals surface area contributed by atoms with Crippen molar-refractivity contribution < 1.29 is 4.74 Å². The molecule has 9 heavy (non-hydrogen) atoms. The van der Waals surface area contributed by atoms with Gasteiger partial charge in [0.25, 0.3) is 0 Å². The summed E-state index contributed by atoms with van der Waals surface area (Å²) in [6.07, 6.45) is 3.31. The maximum absolute atomic E-state index is 5.22. The van der Waals surface area contributed by atoms with E-state index in [4.69, 9.17) is 4.74 Å². The van der Waals surface area contributed by atoms with Gasteiger partial charge in [-0.15, -0.1) is 0 Å². The summed E-state index contributed by atoms with van der Waals surface area (Å²) in [6.45, 7) is 2.28. The zero-order chi connectivity index (χ0) is 6.27. The van der Waals surface area contributed by atoms with Gasteiger partial charge in [-0.1, -0.05) is 0 Å². The van der Waals surface area contributed by atoms with E-state index in [2.05, 4.69) is 11.9 Å². The van der Waals surface area contributed by atoms with Crippen LogP contribution in [0.4, 0.5) is 0 Å². The molecule has 0 unspecified atom stereocenters. The molecule has 0 amide bonds. The molecule has 2 rings (SSSR count). The molecule has 2 heterocycles. The van der Waals surface area contributed by atoms with Gasteiger partial charge in [0.15, 0.2) is 0 Å². The average molecular weight is 127 g/mol. The lowest BCUT2D eigenvalue weighted by molar-refractivity contribution is 0.245. The molecule has 0 aliphatic carbocycles. The maximum Gasteiger partial charge on any atom is 0.0964 e. The van der Waals surface area contributed by atoms with E-state index >= 15 is 0 Å². The summed E-state index contributed by atoms with van der Waals surface area (Å²) in [6, 6.07) is 0.755. The molecule has 0 bridgehead atoms. The Kier molecular flexibility index (Phi) is 1.24. The largest absolute Gasteiger partial charge is 0.371 e. The molecule has 2 saturated heterocycles. The van der Waals surface area contributed by atoms with E-state index in [9.17, 15) is 0 Å². The van der Waals surface area contributed by atoms with Crippen molar-refractivity contribution in [1.29, 1.82) is 0 Å². The normalized spacial score (nSPS) is 43.7. The summed E-state index contributed by atoms with van der Waals surface area (Å²) in [5, 5.41) is 0. The van der Waals surface area contributed by atoms with E-state index in [-0.39, 0.29) is 0 Å². The molecule has 2 aliphatic heterocycles. The number of likely N-dealkylation sites (N-methyl/N-ethyl adjacent to an activating group) is 1. The third-order valence-corrected chi connectivity index (χ3v) is 2.37. The van der Waals surface area contributed by atoms with Crippen molar-refractivity contribution in [3.63, 3.8) is 0 Å². The fourth-order valence-electron chi connectivity index (χ4n) is 1.68. The molecule has 0 radical (unpaired) electrons. The van der Waals surface area contributed by atoms with Crippen LogP contribution in [-0.4, -0.2) is 37.2 Å². The van der Waals surface area contributed by atoms with Crippen LogP contribution in [-0.2, 0) is 4.74 Å². The first kappa shape index (κ1) is 5.69. The Balaban J connectivity index is 1.93.